The number of nitrogens with two attached hydrogens (primary N) is 1. The van der Waals surface area contributed by atoms with E-state index in [1.165, 1.54) is 0 Å². The van der Waals surface area contributed by atoms with Gasteiger partial charge in [0, 0.05) is 13.0 Å². The molecule has 3 N–H and O–H groups in total. The molecule has 2 heterocycles. The number of amides is 1. The Hall–Kier alpha value is -3.42. The second-order valence-electron chi connectivity index (χ2n) is 8.18. The standard InChI is InChI=1S/C24H29N5O3/c1-4-6-18-20-21(29(3)28-18)24(31)27-23(26-20)17-13-16(11-12-19(17)32-5-2)14-7-9-15(10-8-14)22(25)30/h7,11-13,15H,4-6,8-10H2,1-3H3,(H2,25,30)(H,26,27,31)/t15-/m1/s1. The number of aryl methyl sites for hydroxylation is 2. The smallest absolute Gasteiger partial charge is 0.277 e. The first-order valence-electron chi connectivity index (χ1n) is 11.1. The first-order valence-corrected chi connectivity index (χ1v) is 11.1. The number of hydrogen-bond acceptors (Lipinski definition) is 5. The van der Waals surface area contributed by atoms with Crippen LogP contribution in [0.1, 0.15) is 50.8 Å². The van der Waals surface area contributed by atoms with Crippen molar-refractivity contribution in [1.82, 2.24) is 19.7 Å². The molecule has 0 spiro atoms. The number of nitrogens with zero attached hydrogens (tertiary/aromatic N) is 3. The average Bonchev–Trinajstić information content (AvgIpc) is 3.10. The van der Waals surface area contributed by atoms with Gasteiger partial charge in [0.15, 0.2) is 5.52 Å². The molecule has 1 aliphatic carbocycles. The Morgan fingerprint density at radius 2 is 2.16 bits per heavy atom. The van der Waals surface area contributed by atoms with Crippen LogP contribution in [0.2, 0.25) is 0 Å². The molecular weight excluding hydrogens is 406 g/mol. The monoisotopic (exact) mass is 435 g/mol. The summed E-state index contributed by atoms with van der Waals surface area (Å²) in [5, 5.41) is 4.50. The van der Waals surface area contributed by atoms with Crippen LogP contribution < -0.4 is 16.0 Å². The highest BCUT2D eigenvalue weighted by atomic mass is 16.5. The van der Waals surface area contributed by atoms with Crippen LogP contribution in [0.5, 0.6) is 5.75 Å². The Kier molecular flexibility index (Phi) is 6.12. The van der Waals surface area contributed by atoms with Crippen molar-refractivity contribution in [2.45, 2.75) is 46.0 Å². The van der Waals surface area contributed by atoms with Gasteiger partial charge in [0.1, 0.15) is 17.1 Å². The predicted octanol–water partition coefficient (Wildman–Crippen LogP) is 3.34. The third-order valence-electron chi connectivity index (χ3n) is 5.97. The SMILES string of the molecule is CCCc1nn(C)c2c(=O)[nH]c(-c3cc(C4=CC[C@@H](C(N)=O)CC4)ccc3OCC)nc12. The fraction of sp³-hybridized carbons (Fsp3) is 0.417. The Labute approximate surface area is 186 Å². The number of allylic oxidation sites excluding steroid dienone is 2. The molecule has 0 aliphatic heterocycles. The summed E-state index contributed by atoms with van der Waals surface area (Å²) in [6.07, 6.45) is 5.90. The summed E-state index contributed by atoms with van der Waals surface area (Å²) in [6.45, 7) is 4.49. The Bertz CT molecular complexity index is 1250. The lowest BCUT2D eigenvalue weighted by Gasteiger charge is -2.20. The maximum atomic E-state index is 12.9. The van der Waals surface area contributed by atoms with Crippen LogP contribution in [-0.2, 0) is 18.3 Å². The first kappa shape index (κ1) is 21.8. The molecule has 3 aromatic rings. The highest BCUT2D eigenvalue weighted by Crippen LogP contribution is 2.35. The third kappa shape index (κ3) is 4.04. The van der Waals surface area contributed by atoms with Crippen LogP contribution >= 0.6 is 0 Å². The number of aromatic nitrogens is 4. The van der Waals surface area contributed by atoms with Gasteiger partial charge in [-0.3, -0.25) is 14.3 Å². The number of carbonyl (C=O) groups is 1. The van der Waals surface area contributed by atoms with Crippen molar-refractivity contribution < 1.29 is 9.53 Å². The fourth-order valence-electron chi connectivity index (χ4n) is 4.33. The molecule has 8 nitrogen and oxygen atoms in total. The van der Waals surface area contributed by atoms with Gasteiger partial charge in [0.25, 0.3) is 5.56 Å². The van der Waals surface area contributed by atoms with Gasteiger partial charge in [0.2, 0.25) is 5.91 Å². The van der Waals surface area contributed by atoms with Gasteiger partial charge in [-0.1, -0.05) is 25.5 Å². The lowest BCUT2D eigenvalue weighted by molar-refractivity contribution is -0.121. The van der Waals surface area contributed by atoms with E-state index in [2.05, 4.69) is 23.1 Å². The number of carbonyl (C=O) groups excluding carboxylic acids is 1. The predicted molar refractivity (Wildman–Crippen MR) is 124 cm³/mol. The van der Waals surface area contributed by atoms with Gasteiger partial charge in [-0.05, 0) is 55.9 Å². The molecule has 0 saturated carbocycles. The molecule has 0 radical (unpaired) electrons. The van der Waals surface area contributed by atoms with Crippen molar-refractivity contribution in [1.29, 1.82) is 0 Å². The number of ether oxygens (including phenoxy) is 1. The quantitative estimate of drug-likeness (QED) is 0.590. The van der Waals surface area contributed by atoms with Crippen LogP contribution in [0, 0.1) is 5.92 Å². The van der Waals surface area contributed by atoms with Crippen molar-refractivity contribution in [3.63, 3.8) is 0 Å². The van der Waals surface area contributed by atoms with E-state index < -0.39 is 0 Å². The van der Waals surface area contributed by atoms with Gasteiger partial charge >= 0.3 is 0 Å². The molecule has 1 atom stereocenters. The van der Waals surface area contributed by atoms with Gasteiger partial charge in [-0.25, -0.2) is 4.98 Å². The lowest BCUT2D eigenvalue weighted by Crippen LogP contribution is -2.24. The number of rotatable bonds is 7. The summed E-state index contributed by atoms with van der Waals surface area (Å²) in [7, 11) is 1.76. The van der Waals surface area contributed by atoms with Crippen LogP contribution in [0.3, 0.4) is 0 Å². The summed E-state index contributed by atoms with van der Waals surface area (Å²) in [4.78, 5) is 32.1. The van der Waals surface area contributed by atoms with E-state index >= 15 is 0 Å². The van der Waals surface area contributed by atoms with Crippen LogP contribution in [0.4, 0.5) is 0 Å². The number of H-pyrrole nitrogens is 1. The largest absolute Gasteiger partial charge is 0.493 e. The molecule has 168 valence electrons. The third-order valence-corrected chi connectivity index (χ3v) is 5.97. The molecule has 4 rings (SSSR count). The Balaban J connectivity index is 1.82. The van der Waals surface area contributed by atoms with E-state index in [0.29, 0.717) is 35.6 Å². The van der Waals surface area contributed by atoms with Gasteiger partial charge in [0.05, 0.1) is 17.9 Å². The topological polar surface area (TPSA) is 116 Å². The number of fused-ring (bicyclic) bond motifs is 1. The van der Waals surface area contributed by atoms with E-state index in [1.807, 2.05) is 25.1 Å². The van der Waals surface area contributed by atoms with E-state index in [0.717, 1.165) is 48.1 Å². The number of primary amides is 1. The average molecular weight is 436 g/mol. The number of benzene rings is 1. The van der Waals surface area contributed by atoms with Crippen molar-refractivity contribution in [3.8, 4) is 17.1 Å². The van der Waals surface area contributed by atoms with E-state index in [1.54, 1.807) is 11.7 Å². The fourth-order valence-corrected chi connectivity index (χ4v) is 4.33. The molecule has 1 amide bonds. The van der Waals surface area contributed by atoms with Crippen molar-refractivity contribution >= 4 is 22.5 Å². The normalized spacial score (nSPS) is 16.2. The van der Waals surface area contributed by atoms with E-state index in [-0.39, 0.29) is 17.4 Å². The molecule has 1 aromatic carbocycles. The first-order chi connectivity index (χ1) is 15.4. The maximum absolute atomic E-state index is 12.9. The Morgan fingerprint density at radius 3 is 2.81 bits per heavy atom. The van der Waals surface area contributed by atoms with Gasteiger partial charge < -0.3 is 15.5 Å². The van der Waals surface area contributed by atoms with Gasteiger partial charge in [-0.15, -0.1) is 0 Å². The zero-order valence-corrected chi connectivity index (χ0v) is 18.8. The molecule has 0 fully saturated rings. The zero-order valence-electron chi connectivity index (χ0n) is 18.8. The molecule has 0 saturated heterocycles. The van der Waals surface area contributed by atoms with E-state index in [9.17, 15) is 9.59 Å². The summed E-state index contributed by atoms with van der Waals surface area (Å²) in [5.74, 6) is 0.765. The minimum absolute atomic E-state index is 0.107. The highest BCUT2D eigenvalue weighted by Gasteiger charge is 2.22. The molecule has 0 bridgehead atoms. The molecular formula is C24H29N5O3. The van der Waals surface area contributed by atoms with Crippen molar-refractivity contribution in [3.05, 3.63) is 45.9 Å². The molecule has 2 aromatic heterocycles. The van der Waals surface area contributed by atoms with Crippen LogP contribution in [0.25, 0.3) is 28.0 Å². The van der Waals surface area contributed by atoms with Crippen LogP contribution in [0.15, 0.2) is 29.1 Å². The van der Waals surface area contributed by atoms with Gasteiger partial charge in [-0.2, -0.15) is 5.10 Å². The summed E-state index contributed by atoms with van der Waals surface area (Å²) >= 11 is 0. The molecule has 0 unspecified atom stereocenters. The second kappa shape index (κ2) is 8.98. The number of aromatic amines is 1. The Morgan fingerprint density at radius 1 is 1.34 bits per heavy atom. The highest BCUT2D eigenvalue weighted by molar-refractivity contribution is 5.82. The number of hydrogen-bond donors (Lipinski definition) is 2. The summed E-state index contributed by atoms with van der Waals surface area (Å²) in [6, 6.07) is 5.92. The minimum atomic E-state index is -0.248. The van der Waals surface area contributed by atoms with Crippen molar-refractivity contribution in [2.75, 3.05) is 6.61 Å². The second-order valence-corrected chi connectivity index (χ2v) is 8.18. The van der Waals surface area contributed by atoms with Crippen molar-refractivity contribution in [2.24, 2.45) is 18.7 Å². The lowest BCUT2D eigenvalue weighted by atomic mass is 9.86. The minimum Gasteiger partial charge on any atom is -0.493 e. The number of nitrogens with one attached hydrogen (secondary N) is 1. The molecule has 32 heavy (non-hydrogen) atoms. The maximum Gasteiger partial charge on any atom is 0.277 e. The van der Waals surface area contributed by atoms with E-state index in [4.69, 9.17) is 15.5 Å². The zero-order chi connectivity index (χ0) is 22.8. The van der Waals surface area contributed by atoms with Crippen LogP contribution in [-0.4, -0.2) is 32.3 Å². The molecule has 1 aliphatic rings. The summed E-state index contributed by atoms with van der Waals surface area (Å²) in [5.41, 5.74) is 10.1. The molecule has 8 heteroatoms. The summed E-state index contributed by atoms with van der Waals surface area (Å²) < 4.78 is 7.45.